The maximum Gasteiger partial charge on any atom is 0.319 e. The van der Waals surface area contributed by atoms with Gasteiger partial charge < -0.3 is 15.5 Å². The van der Waals surface area contributed by atoms with E-state index in [1.165, 1.54) is 12.1 Å². The summed E-state index contributed by atoms with van der Waals surface area (Å²) >= 11 is 5.86. The van der Waals surface area contributed by atoms with Gasteiger partial charge in [0.15, 0.2) is 0 Å². The second kappa shape index (κ2) is 7.53. The fourth-order valence-electron chi connectivity index (χ4n) is 2.75. The van der Waals surface area contributed by atoms with Crippen LogP contribution in [-0.4, -0.2) is 25.0 Å². The summed E-state index contributed by atoms with van der Waals surface area (Å²) in [6, 6.07) is 12.5. The minimum absolute atomic E-state index is 0.00337. The summed E-state index contributed by atoms with van der Waals surface area (Å²) < 4.78 is 13.5. The zero-order valence-electron chi connectivity index (χ0n) is 13.3. The third-order valence-electron chi connectivity index (χ3n) is 4.02. The maximum atomic E-state index is 13.5. The van der Waals surface area contributed by atoms with Gasteiger partial charge in [0.05, 0.1) is 5.69 Å². The number of hydrogen-bond acceptors (Lipinski definition) is 2. The van der Waals surface area contributed by atoms with Crippen LogP contribution in [0.5, 0.6) is 0 Å². The summed E-state index contributed by atoms with van der Waals surface area (Å²) in [4.78, 5) is 25.7. The van der Waals surface area contributed by atoms with Crippen molar-refractivity contribution >= 4 is 34.9 Å². The third-order valence-corrected chi connectivity index (χ3v) is 4.27. The monoisotopic (exact) mass is 361 g/mol. The number of nitrogens with zero attached hydrogens (tertiary/aromatic N) is 1. The second-order valence-corrected chi connectivity index (χ2v) is 6.30. The van der Waals surface area contributed by atoms with Crippen LogP contribution >= 0.6 is 11.6 Å². The van der Waals surface area contributed by atoms with Crippen LogP contribution < -0.4 is 15.5 Å². The minimum atomic E-state index is -0.498. The number of halogens is 2. The smallest absolute Gasteiger partial charge is 0.319 e. The van der Waals surface area contributed by atoms with Crippen LogP contribution in [-0.2, 0) is 4.79 Å². The molecule has 1 atom stereocenters. The molecule has 3 rings (SSSR count). The number of carbonyl (C=O) groups is 2. The largest absolute Gasteiger partial charge is 0.338 e. The number of rotatable bonds is 4. The number of hydrogen-bond donors (Lipinski definition) is 2. The molecule has 5 nitrogen and oxygen atoms in total. The Morgan fingerprint density at radius 3 is 2.64 bits per heavy atom. The van der Waals surface area contributed by atoms with Crippen molar-refractivity contribution < 1.29 is 14.0 Å². The topological polar surface area (TPSA) is 61.4 Å². The highest BCUT2D eigenvalue weighted by atomic mass is 35.5. The fourth-order valence-corrected chi connectivity index (χ4v) is 2.88. The molecule has 0 spiro atoms. The molecule has 7 heteroatoms. The Kier molecular flexibility index (Phi) is 5.19. The molecular weight excluding hydrogens is 345 g/mol. The van der Waals surface area contributed by atoms with E-state index < -0.39 is 11.8 Å². The van der Waals surface area contributed by atoms with Gasteiger partial charge >= 0.3 is 6.03 Å². The van der Waals surface area contributed by atoms with Crippen LogP contribution in [0.2, 0.25) is 5.02 Å². The summed E-state index contributed by atoms with van der Waals surface area (Å²) in [6.07, 6.45) is 0.350. The van der Waals surface area contributed by atoms with Gasteiger partial charge in [0.1, 0.15) is 5.82 Å². The summed E-state index contributed by atoms with van der Waals surface area (Å²) in [6.45, 7) is 0.844. The lowest BCUT2D eigenvalue weighted by Crippen LogP contribution is -2.34. The third kappa shape index (κ3) is 4.28. The van der Waals surface area contributed by atoms with Crippen molar-refractivity contribution in [3.8, 4) is 0 Å². The molecule has 0 unspecified atom stereocenters. The van der Waals surface area contributed by atoms with E-state index in [1.54, 1.807) is 41.3 Å². The van der Waals surface area contributed by atoms with Crippen molar-refractivity contribution in [2.45, 2.75) is 6.42 Å². The standard InChI is InChI=1S/C18H17ClFN3O2/c19-13-5-7-14(8-6-13)23-11-12(9-17(23)24)10-21-18(25)22-16-4-2-1-3-15(16)20/h1-8,12H,9-11H2,(H2,21,22,25)/t12-/m0/s1. The first-order valence-electron chi connectivity index (χ1n) is 7.88. The SMILES string of the molecule is O=C(NC[C@@H]1CC(=O)N(c2ccc(Cl)cc2)C1)Nc1ccccc1F. The van der Waals surface area contributed by atoms with Crippen LogP contribution in [0.15, 0.2) is 48.5 Å². The van der Waals surface area contributed by atoms with E-state index in [0.29, 0.717) is 24.5 Å². The molecule has 1 heterocycles. The van der Waals surface area contributed by atoms with Gasteiger partial charge in [0.2, 0.25) is 5.91 Å². The van der Waals surface area contributed by atoms with Crippen LogP contribution in [0, 0.1) is 11.7 Å². The van der Waals surface area contributed by atoms with Crippen molar-refractivity contribution in [3.05, 3.63) is 59.4 Å². The van der Waals surface area contributed by atoms with Gasteiger partial charge in [0.25, 0.3) is 0 Å². The number of para-hydroxylation sites is 1. The Balaban J connectivity index is 1.52. The molecule has 0 aliphatic carbocycles. The van der Waals surface area contributed by atoms with E-state index in [-0.39, 0.29) is 17.5 Å². The molecule has 2 N–H and O–H groups in total. The van der Waals surface area contributed by atoms with E-state index >= 15 is 0 Å². The molecule has 2 aromatic rings. The first kappa shape index (κ1) is 17.2. The summed E-state index contributed by atoms with van der Waals surface area (Å²) in [7, 11) is 0. The molecule has 0 radical (unpaired) electrons. The van der Waals surface area contributed by atoms with E-state index in [9.17, 15) is 14.0 Å². The lowest BCUT2D eigenvalue weighted by Gasteiger charge is -2.17. The number of anilines is 2. The highest BCUT2D eigenvalue weighted by Crippen LogP contribution is 2.26. The van der Waals surface area contributed by atoms with Crippen LogP contribution in [0.4, 0.5) is 20.6 Å². The zero-order valence-corrected chi connectivity index (χ0v) is 14.1. The maximum absolute atomic E-state index is 13.5. The van der Waals surface area contributed by atoms with E-state index in [1.807, 2.05) is 0 Å². The molecule has 0 aromatic heterocycles. The number of amides is 3. The average Bonchev–Trinajstić information content (AvgIpc) is 2.97. The molecule has 2 aromatic carbocycles. The Hall–Kier alpha value is -2.60. The summed E-state index contributed by atoms with van der Waals surface area (Å²) in [5.41, 5.74) is 0.901. The highest BCUT2D eigenvalue weighted by Gasteiger charge is 2.30. The summed E-state index contributed by atoms with van der Waals surface area (Å²) in [5, 5.41) is 5.75. The number of carbonyl (C=O) groups excluding carboxylic acids is 2. The molecule has 0 bridgehead atoms. The Morgan fingerprint density at radius 1 is 1.20 bits per heavy atom. The van der Waals surface area contributed by atoms with E-state index in [4.69, 9.17) is 11.6 Å². The van der Waals surface area contributed by atoms with Crippen LogP contribution in [0.3, 0.4) is 0 Å². The number of nitrogens with one attached hydrogen (secondary N) is 2. The van der Waals surface area contributed by atoms with Gasteiger partial charge in [-0.05, 0) is 36.4 Å². The Bertz CT molecular complexity index is 782. The molecule has 1 aliphatic heterocycles. The van der Waals surface area contributed by atoms with E-state index in [2.05, 4.69) is 10.6 Å². The number of benzene rings is 2. The minimum Gasteiger partial charge on any atom is -0.338 e. The highest BCUT2D eigenvalue weighted by molar-refractivity contribution is 6.30. The molecule has 0 saturated carbocycles. The van der Waals surface area contributed by atoms with Crippen molar-refractivity contribution in [1.29, 1.82) is 0 Å². The quantitative estimate of drug-likeness (QED) is 0.873. The fraction of sp³-hybridized carbons (Fsp3) is 0.222. The van der Waals surface area contributed by atoms with E-state index in [0.717, 1.165) is 5.69 Å². The number of urea groups is 1. The molecule has 130 valence electrons. The molecular formula is C18H17ClFN3O2. The Labute approximate surface area is 149 Å². The molecule has 25 heavy (non-hydrogen) atoms. The van der Waals surface area contributed by atoms with Gasteiger partial charge in [-0.2, -0.15) is 0 Å². The van der Waals surface area contributed by atoms with Crippen molar-refractivity contribution in [3.63, 3.8) is 0 Å². The summed E-state index contributed by atoms with van der Waals surface area (Å²) in [5.74, 6) is -0.499. The molecule has 1 saturated heterocycles. The molecule has 1 fully saturated rings. The van der Waals surface area contributed by atoms with Crippen LogP contribution in [0.25, 0.3) is 0 Å². The van der Waals surface area contributed by atoms with Gasteiger partial charge in [-0.1, -0.05) is 23.7 Å². The van der Waals surface area contributed by atoms with Crippen molar-refractivity contribution in [1.82, 2.24) is 5.32 Å². The van der Waals surface area contributed by atoms with Gasteiger partial charge in [-0.15, -0.1) is 0 Å². The second-order valence-electron chi connectivity index (χ2n) is 5.87. The van der Waals surface area contributed by atoms with Crippen LogP contribution in [0.1, 0.15) is 6.42 Å². The van der Waals surface area contributed by atoms with Crippen molar-refractivity contribution in [2.75, 3.05) is 23.3 Å². The van der Waals surface area contributed by atoms with Gasteiger partial charge in [-0.3, -0.25) is 4.79 Å². The van der Waals surface area contributed by atoms with Gasteiger partial charge in [-0.25, -0.2) is 9.18 Å². The first-order valence-corrected chi connectivity index (χ1v) is 8.26. The zero-order chi connectivity index (χ0) is 17.8. The average molecular weight is 362 g/mol. The lowest BCUT2D eigenvalue weighted by molar-refractivity contribution is -0.117. The predicted molar refractivity (Wildman–Crippen MR) is 95.3 cm³/mol. The predicted octanol–water partition coefficient (Wildman–Crippen LogP) is 3.65. The Morgan fingerprint density at radius 2 is 1.92 bits per heavy atom. The normalized spacial score (nSPS) is 16.8. The van der Waals surface area contributed by atoms with Gasteiger partial charge in [0, 0.05) is 36.1 Å². The lowest BCUT2D eigenvalue weighted by atomic mass is 10.1. The molecule has 1 aliphatic rings. The van der Waals surface area contributed by atoms with Crippen molar-refractivity contribution in [2.24, 2.45) is 5.92 Å². The first-order chi connectivity index (χ1) is 12.0. The molecule has 3 amide bonds.